The maximum atomic E-state index is 4.36. The Kier molecular flexibility index (Phi) is 5.38. The van der Waals surface area contributed by atoms with Crippen LogP contribution in [0.15, 0.2) is 48.7 Å². The third-order valence-corrected chi connectivity index (χ3v) is 2.88. The average molecular weight is 255 g/mol. The standard InChI is InChI=1S/C16H21N3/c1-2-12-17-13-7-6-10-16-11-14-18-19(16)15-8-4-3-5-9-15/h3-6,8-11,14,17H,2,7,12-13H2,1H3/b10-6+. The van der Waals surface area contributed by atoms with E-state index in [2.05, 4.69) is 41.6 Å². The highest BCUT2D eigenvalue weighted by atomic mass is 15.3. The van der Waals surface area contributed by atoms with Gasteiger partial charge in [-0.2, -0.15) is 5.10 Å². The van der Waals surface area contributed by atoms with Crippen molar-refractivity contribution in [1.82, 2.24) is 15.1 Å². The van der Waals surface area contributed by atoms with Gasteiger partial charge in [0.25, 0.3) is 0 Å². The Hall–Kier alpha value is -1.87. The molecule has 0 unspecified atom stereocenters. The van der Waals surface area contributed by atoms with Crippen LogP contribution in [0.25, 0.3) is 11.8 Å². The fourth-order valence-corrected chi connectivity index (χ4v) is 1.92. The summed E-state index contributed by atoms with van der Waals surface area (Å²) in [5.41, 5.74) is 2.21. The second-order valence-corrected chi connectivity index (χ2v) is 4.44. The van der Waals surface area contributed by atoms with Crippen molar-refractivity contribution in [2.75, 3.05) is 13.1 Å². The molecule has 0 aliphatic heterocycles. The van der Waals surface area contributed by atoms with Gasteiger partial charge in [-0.05, 0) is 50.2 Å². The highest BCUT2D eigenvalue weighted by Gasteiger charge is 2.00. The number of benzene rings is 1. The van der Waals surface area contributed by atoms with Crippen LogP contribution in [-0.2, 0) is 0 Å². The Morgan fingerprint density at radius 3 is 2.79 bits per heavy atom. The van der Waals surface area contributed by atoms with Crippen molar-refractivity contribution in [2.45, 2.75) is 19.8 Å². The van der Waals surface area contributed by atoms with E-state index in [1.807, 2.05) is 35.1 Å². The van der Waals surface area contributed by atoms with Crippen LogP contribution in [0.2, 0.25) is 0 Å². The Bertz CT molecular complexity index is 500. The number of nitrogens with zero attached hydrogens (tertiary/aromatic N) is 2. The molecule has 1 N–H and O–H groups in total. The van der Waals surface area contributed by atoms with Gasteiger partial charge in [-0.25, -0.2) is 4.68 Å². The molecule has 2 aromatic rings. The van der Waals surface area contributed by atoms with E-state index in [1.54, 1.807) is 0 Å². The minimum Gasteiger partial charge on any atom is -0.316 e. The first-order chi connectivity index (χ1) is 9.42. The lowest BCUT2D eigenvalue weighted by atomic mass is 10.3. The summed E-state index contributed by atoms with van der Waals surface area (Å²) in [5.74, 6) is 0. The van der Waals surface area contributed by atoms with E-state index in [1.165, 1.54) is 6.42 Å². The maximum absolute atomic E-state index is 4.36. The third-order valence-electron chi connectivity index (χ3n) is 2.88. The van der Waals surface area contributed by atoms with Crippen LogP contribution >= 0.6 is 0 Å². The van der Waals surface area contributed by atoms with Gasteiger partial charge in [0.2, 0.25) is 0 Å². The lowest BCUT2D eigenvalue weighted by Gasteiger charge is -2.04. The van der Waals surface area contributed by atoms with Gasteiger partial charge < -0.3 is 5.32 Å². The zero-order chi connectivity index (χ0) is 13.3. The molecule has 0 spiro atoms. The second-order valence-electron chi connectivity index (χ2n) is 4.44. The maximum Gasteiger partial charge on any atom is 0.0665 e. The van der Waals surface area contributed by atoms with Crippen LogP contribution in [0.1, 0.15) is 25.5 Å². The first kappa shape index (κ1) is 13.6. The quantitative estimate of drug-likeness (QED) is 0.769. The van der Waals surface area contributed by atoms with Crippen LogP contribution in [0.5, 0.6) is 0 Å². The van der Waals surface area contributed by atoms with Crippen molar-refractivity contribution in [3.05, 3.63) is 54.4 Å². The Morgan fingerprint density at radius 1 is 1.16 bits per heavy atom. The van der Waals surface area contributed by atoms with Crippen molar-refractivity contribution in [3.63, 3.8) is 0 Å². The molecule has 3 heteroatoms. The van der Waals surface area contributed by atoms with E-state index in [-0.39, 0.29) is 0 Å². The zero-order valence-electron chi connectivity index (χ0n) is 11.4. The molecule has 1 aromatic heterocycles. The summed E-state index contributed by atoms with van der Waals surface area (Å²) in [6, 6.07) is 12.2. The molecule has 0 fully saturated rings. The molecule has 0 radical (unpaired) electrons. The molecule has 0 aliphatic carbocycles. The summed E-state index contributed by atoms with van der Waals surface area (Å²) in [7, 11) is 0. The smallest absolute Gasteiger partial charge is 0.0665 e. The zero-order valence-corrected chi connectivity index (χ0v) is 11.4. The molecule has 0 amide bonds. The fourth-order valence-electron chi connectivity index (χ4n) is 1.92. The number of rotatable bonds is 7. The summed E-state index contributed by atoms with van der Waals surface area (Å²) >= 11 is 0. The molecule has 0 aliphatic rings. The minimum atomic E-state index is 1.03. The Morgan fingerprint density at radius 2 is 2.00 bits per heavy atom. The van der Waals surface area contributed by atoms with Gasteiger partial charge in [0.05, 0.1) is 17.6 Å². The second kappa shape index (κ2) is 7.54. The summed E-state index contributed by atoms with van der Waals surface area (Å²) in [6.07, 6.45) is 8.39. The summed E-state index contributed by atoms with van der Waals surface area (Å²) in [5, 5.41) is 7.75. The summed E-state index contributed by atoms with van der Waals surface area (Å²) in [6.45, 7) is 4.31. The predicted molar refractivity (Wildman–Crippen MR) is 80.4 cm³/mol. The van der Waals surface area contributed by atoms with Crippen LogP contribution in [-0.4, -0.2) is 22.9 Å². The highest BCUT2D eigenvalue weighted by molar-refractivity contribution is 5.48. The molecule has 100 valence electrons. The number of hydrogen-bond acceptors (Lipinski definition) is 2. The average Bonchev–Trinajstić information content (AvgIpc) is 2.92. The summed E-state index contributed by atoms with van der Waals surface area (Å²) in [4.78, 5) is 0. The van der Waals surface area contributed by atoms with Crippen LogP contribution in [0.4, 0.5) is 0 Å². The number of hydrogen-bond donors (Lipinski definition) is 1. The molecule has 1 heterocycles. The van der Waals surface area contributed by atoms with Gasteiger partial charge in [-0.1, -0.05) is 31.2 Å². The molecule has 0 atom stereocenters. The Labute approximate surface area is 115 Å². The van der Waals surface area contributed by atoms with E-state index in [9.17, 15) is 0 Å². The van der Waals surface area contributed by atoms with Gasteiger partial charge in [-0.15, -0.1) is 0 Å². The van der Waals surface area contributed by atoms with E-state index >= 15 is 0 Å². The van der Waals surface area contributed by atoms with Crippen LogP contribution in [0.3, 0.4) is 0 Å². The van der Waals surface area contributed by atoms with Crippen molar-refractivity contribution >= 4 is 6.08 Å². The number of aromatic nitrogens is 2. The SMILES string of the molecule is CCCNCC/C=C/c1ccnn1-c1ccccc1. The van der Waals surface area contributed by atoms with E-state index < -0.39 is 0 Å². The lowest BCUT2D eigenvalue weighted by molar-refractivity contribution is 0.679. The van der Waals surface area contributed by atoms with Crippen molar-refractivity contribution in [2.24, 2.45) is 0 Å². The van der Waals surface area contributed by atoms with Crippen molar-refractivity contribution < 1.29 is 0 Å². The molecule has 0 saturated carbocycles. The minimum absolute atomic E-state index is 1.03. The lowest BCUT2D eigenvalue weighted by Crippen LogP contribution is -2.14. The van der Waals surface area contributed by atoms with Gasteiger partial charge in [0.1, 0.15) is 0 Å². The van der Waals surface area contributed by atoms with E-state index in [4.69, 9.17) is 0 Å². The van der Waals surface area contributed by atoms with Crippen molar-refractivity contribution in [3.8, 4) is 5.69 Å². The van der Waals surface area contributed by atoms with Crippen LogP contribution in [0, 0.1) is 0 Å². The summed E-state index contributed by atoms with van der Waals surface area (Å²) < 4.78 is 1.95. The van der Waals surface area contributed by atoms with Gasteiger partial charge in [0.15, 0.2) is 0 Å². The molecule has 19 heavy (non-hydrogen) atoms. The first-order valence-electron chi connectivity index (χ1n) is 6.88. The molecular weight excluding hydrogens is 234 g/mol. The molecular formula is C16H21N3. The number of nitrogens with one attached hydrogen (secondary N) is 1. The van der Waals surface area contributed by atoms with E-state index in [0.717, 1.165) is 30.9 Å². The van der Waals surface area contributed by atoms with Crippen LogP contribution < -0.4 is 5.32 Å². The molecule has 0 bridgehead atoms. The number of para-hydroxylation sites is 1. The topological polar surface area (TPSA) is 29.9 Å². The van der Waals surface area contributed by atoms with E-state index in [0.29, 0.717) is 0 Å². The fraction of sp³-hybridized carbons (Fsp3) is 0.312. The molecule has 1 aromatic carbocycles. The monoisotopic (exact) mass is 255 g/mol. The first-order valence-corrected chi connectivity index (χ1v) is 6.88. The Balaban J connectivity index is 1.95. The largest absolute Gasteiger partial charge is 0.316 e. The molecule has 0 saturated heterocycles. The third kappa shape index (κ3) is 4.07. The normalized spacial score (nSPS) is 11.2. The molecule has 3 nitrogen and oxygen atoms in total. The van der Waals surface area contributed by atoms with Gasteiger partial charge >= 0.3 is 0 Å². The van der Waals surface area contributed by atoms with Crippen molar-refractivity contribution in [1.29, 1.82) is 0 Å². The predicted octanol–water partition coefficient (Wildman–Crippen LogP) is 3.28. The molecule has 2 rings (SSSR count). The van der Waals surface area contributed by atoms with Gasteiger partial charge in [0, 0.05) is 0 Å². The highest BCUT2D eigenvalue weighted by Crippen LogP contribution is 2.11. The van der Waals surface area contributed by atoms with Gasteiger partial charge in [-0.3, -0.25) is 0 Å².